The third-order valence-electron chi connectivity index (χ3n) is 5.53. The Kier molecular flexibility index (Phi) is 5.22. The van der Waals surface area contributed by atoms with Gasteiger partial charge in [0.1, 0.15) is 0 Å². The lowest BCUT2D eigenvalue weighted by Crippen LogP contribution is -2.52. The molecule has 130 valence electrons. The minimum Gasteiger partial charge on any atom is -0.369 e. The van der Waals surface area contributed by atoms with Crippen LogP contribution in [0.2, 0.25) is 0 Å². The van der Waals surface area contributed by atoms with Crippen LogP contribution in [0.3, 0.4) is 0 Å². The van der Waals surface area contributed by atoms with E-state index < -0.39 is 5.41 Å². The van der Waals surface area contributed by atoms with Gasteiger partial charge < -0.3 is 10.6 Å². The first kappa shape index (κ1) is 17.0. The zero-order valence-corrected chi connectivity index (χ0v) is 14.4. The summed E-state index contributed by atoms with van der Waals surface area (Å²) in [5, 5.41) is 0. The number of hydrogen-bond donors (Lipinski definition) is 1. The fourth-order valence-electron chi connectivity index (χ4n) is 3.93. The van der Waals surface area contributed by atoms with Crippen molar-refractivity contribution in [1.29, 1.82) is 0 Å². The number of aryl methyl sites for hydroxylation is 1. The van der Waals surface area contributed by atoms with Crippen LogP contribution in [-0.4, -0.2) is 29.8 Å². The lowest BCUT2D eigenvalue weighted by atomic mass is 9.75. The largest absolute Gasteiger partial charge is 0.369 e. The van der Waals surface area contributed by atoms with E-state index >= 15 is 0 Å². The Hall–Kier alpha value is -1.84. The van der Waals surface area contributed by atoms with Crippen molar-refractivity contribution < 1.29 is 9.59 Å². The highest BCUT2D eigenvalue weighted by Gasteiger charge is 2.45. The molecule has 4 heteroatoms. The van der Waals surface area contributed by atoms with Gasteiger partial charge in [0.25, 0.3) is 0 Å². The van der Waals surface area contributed by atoms with E-state index in [1.54, 1.807) is 0 Å². The van der Waals surface area contributed by atoms with Gasteiger partial charge in [-0.3, -0.25) is 9.59 Å². The second kappa shape index (κ2) is 7.37. The molecule has 1 aliphatic carbocycles. The highest BCUT2D eigenvalue weighted by atomic mass is 16.2. The molecule has 1 aliphatic heterocycles. The van der Waals surface area contributed by atoms with E-state index in [0.29, 0.717) is 18.9 Å². The number of carbonyl (C=O) groups excluding carboxylic acids is 2. The summed E-state index contributed by atoms with van der Waals surface area (Å²) in [6.07, 6.45) is 7.34. The maximum Gasteiger partial charge on any atom is 0.225 e. The summed E-state index contributed by atoms with van der Waals surface area (Å²) in [6, 6.07) is 10.3. The van der Waals surface area contributed by atoms with Gasteiger partial charge >= 0.3 is 0 Å². The Morgan fingerprint density at radius 2 is 1.96 bits per heavy atom. The number of likely N-dealkylation sites (tertiary alicyclic amines) is 1. The summed E-state index contributed by atoms with van der Waals surface area (Å²) in [6.45, 7) is 1.30. The van der Waals surface area contributed by atoms with Crippen molar-refractivity contribution in [2.75, 3.05) is 13.1 Å². The van der Waals surface area contributed by atoms with Gasteiger partial charge in [-0.2, -0.15) is 0 Å². The lowest BCUT2D eigenvalue weighted by molar-refractivity contribution is -0.140. The molecule has 0 bridgehead atoms. The maximum atomic E-state index is 12.6. The van der Waals surface area contributed by atoms with Gasteiger partial charge in [-0.15, -0.1) is 0 Å². The minimum atomic E-state index is -0.478. The molecule has 1 atom stereocenters. The van der Waals surface area contributed by atoms with Crippen molar-refractivity contribution in [3.05, 3.63) is 35.9 Å². The number of amides is 2. The normalized spacial score (nSPS) is 23.9. The second-order valence-electron chi connectivity index (χ2n) is 7.55. The van der Waals surface area contributed by atoms with Crippen LogP contribution in [0.1, 0.15) is 50.5 Å². The van der Waals surface area contributed by atoms with Gasteiger partial charge in [0.05, 0.1) is 5.41 Å². The van der Waals surface area contributed by atoms with Crippen molar-refractivity contribution in [2.24, 2.45) is 17.1 Å². The monoisotopic (exact) mass is 328 g/mol. The highest BCUT2D eigenvalue weighted by Crippen LogP contribution is 2.44. The molecule has 2 fully saturated rings. The molecule has 1 unspecified atom stereocenters. The summed E-state index contributed by atoms with van der Waals surface area (Å²) in [5.41, 5.74) is 6.53. The summed E-state index contributed by atoms with van der Waals surface area (Å²) < 4.78 is 0. The number of primary amides is 1. The zero-order chi connectivity index (χ0) is 17.0. The number of rotatable bonds is 7. The van der Waals surface area contributed by atoms with Crippen molar-refractivity contribution in [1.82, 2.24) is 4.90 Å². The van der Waals surface area contributed by atoms with Gasteiger partial charge in [0.15, 0.2) is 0 Å². The fraction of sp³-hybridized carbons (Fsp3) is 0.600. The Morgan fingerprint density at radius 3 is 2.62 bits per heavy atom. The molecule has 0 aromatic heterocycles. The van der Waals surface area contributed by atoms with Crippen molar-refractivity contribution >= 4 is 11.8 Å². The fourth-order valence-corrected chi connectivity index (χ4v) is 3.93. The molecule has 2 aliphatic rings. The van der Waals surface area contributed by atoms with Crippen LogP contribution in [0, 0.1) is 11.3 Å². The van der Waals surface area contributed by atoms with Crippen LogP contribution in [-0.2, 0) is 16.0 Å². The van der Waals surface area contributed by atoms with E-state index in [-0.39, 0.29) is 11.8 Å². The van der Waals surface area contributed by atoms with Gasteiger partial charge in [-0.05, 0) is 43.6 Å². The van der Waals surface area contributed by atoms with E-state index in [0.717, 1.165) is 38.6 Å². The first-order valence-corrected chi connectivity index (χ1v) is 9.21. The van der Waals surface area contributed by atoms with E-state index in [4.69, 9.17) is 5.73 Å². The molecule has 1 saturated carbocycles. The number of nitrogens with two attached hydrogens (primary N) is 1. The van der Waals surface area contributed by atoms with E-state index in [2.05, 4.69) is 12.1 Å². The number of hydrogen-bond acceptors (Lipinski definition) is 2. The Morgan fingerprint density at radius 1 is 1.21 bits per heavy atom. The molecule has 3 rings (SSSR count). The van der Waals surface area contributed by atoms with Crippen molar-refractivity contribution in [3.63, 3.8) is 0 Å². The summed E-state index contributed by atoms with van der Waals surface area (Å²) >= 11 is 0. The molecule has 1 aromatic carbocycles. The summed E-state index contributed by atoms with van der Waals surface area (Å²) in [5.74, 6) is 0.605. The Bertz CT molecular complexity index is 583. The molecule has 1 heterocycles. The molecule has 0 spiro atoms. The van der Waals surface area contributed by atoms with Gasteiger partial charge in [-0.1, -0.05) is 43.2 Å². The third-order valence-corrected chi connectivity index (χ3v) is 5.53. The predicted octanol–water partition coefficient (Wildman–Crippen LogP) is 2.90. The van der Waals surface area contributed by atoms with Gasteiger partial charge in [-0.25, -0.2) is 0 Å². The number of benzene rings is 1. The number of nitrogens with zero attached hydrogens (tertiary/aromatic N) is 1. The van der Waals surface area contributed by atoms with Crippen LogP contribution in [0.15, 0.2) is 30.3 Å². The molecule has 2 N–H and O–H groups in total. The van der Waals surface area contributed by atoms with Crippen molar-refractivity contribution in [3.8, 4) is 0 Å². The van der Waals surface area contributed by atoms with Crippen LogP contribution >= 0.6 is 0 Å². The van der Waals surface area contributed by atoms with Gasteiger partial charge in [0.2, 0.25) is 11.8 Å². The molecule has 2 amide bonds. The van der Waals surface area contributed by atoms with E-state index in [9.17, 15) is 9.59 Å². The number of piperidine rings is 1. The van der Waals surface area contributed by atoms with Crippen LogP contribution in [0.25, 0.3) is 0 Å². The lowest BCUT2D eigenvalue weighted by Gasteiger charge is -2.41. The van der Waals surface area contributed by atoms with Crippen LogP contribution in [0.5, 0.6) is 0 Å². The minimum absolute atomic E-state index is 0.173. The quantitative estimate of drug-likeness (QED) is 0.836. The van der Waals surface area contributed by atoms with E-state index in [1.807, 2.05) is 23.1 Å². The number of carbonyl (C=O) groups is 2. The standard InChI is InChI=1S/C20H28N2O2/c21-19(24)20(14-17-10-11-17)12-5-13-22(15-20)18(23)9-4-8-16-6-2-1-3-7-16/h1-3,6-7,17H,4-5,8-15H2,(H2,21,24). The van der Waals surface area contributed by atoms with Crippen molar-refractivity contribution in [2.45, 2.75) is 51.4 Å². The third kappa shape index (κ3) is 4.16. The average molecular weight is 328 g/mol. The van der Waals surface area contributed by atoms with Crippen LogP contribution < -0.4 is 5.73 Å². The maximum absolute atomic E-state index is 12.6. The highest BCUT2D eigenvalue weighted by molar-refractivity contribution is 5.83. The summed E-state index contributed by atoms with van der Waals surface area (Å²) in [7, 11) is 0. The molecular formula is C20H28N2O2. The smallest absolute Gasteiger partial charge is 0.225 e. The topological polar surface area (TPSA) is 63.4 Å². The molecule has 4 nitrogen and oxygen atoms in total. The first-order chi connectivity index (χ1) is 11.6. The SMILES string of the molecule is NC(=O)C1(CC2CC2)CCCN(C(=O)CCCc2ccccc2)C1. The molecule has 1 saturated heterocycles. The Labute approximate surface area is 144 Å². The molecular weight excluding hydrogens is 300 g/mol. The van der Waals surface area contributed by atoms with Gasteiger partial charge in [0, 0.05) is 19.5 Å². The Balaban J connectivity index is 1.53. The molecule has 0 radical (unpaired) electrons. The van der Waals surface area contributed by atoms with Crippen LogP contribution in [0.4, 0.5) is 0 Å². The first-order valence-electron chi connectivity index (χ1n) is 9.21. The van der Waals surface area contributed by atoms with E-state index in [1.165, 1.54) is 18.4 Å². The predicted molar refractivity (Wildman–Crippen MR) is 94.2 cm³/mol. The average Bonchev–Trinajstić information content (AvgIpc) is 3.39. The second-order valence-corrected chi connectivity index (χ2v) is 7.55. The zero-order valence-electron chi connectivity index (χ0n) is 14.4. The molecule has 24 heavy (non-hydrogen) atoms. The molecule has 1 aromatic rings. The summed E-state index contributed by atoms with van der Waals surface area (Å²) in [4.78, 5) is 26.6.